The second-order valence-corrected chi connectivity index (χ2v) is 5.54. The lowest BCUT2D eigenvalue weighted by molar-refractivity contribution is -0.144. The molecule has 0 saturated carbocycles. The standard InChI is InChI=1S/C14H18BrNO4/c1-4-7-14(2,13(18)19)16-12(17)10-8-9(20-3)5-6-11(10)15/h5-6,8H,4,7H2,1-3H3,(H,16,17)(H,18,19). The molecule has 0 aliphatic heterocycles. The minimum Gasteiger partial charge on any atom is -0.497 e. The zero-order chi connectivity index (χ0) is 15.3. The van der Waals surface area contributed by atoms with Crippen LogP contribution in [0.2, 0.25) is 0 Å². The van der Waals surface area contributed by atoms with Gasteiger partial charge in [-0.25, -0.2) is 4.79 Å². The fraction of sp³-hybridized carbons (Fsp3) is 0.429. The summed E-state index contributed by atoms with van der Waals surface area (Å²) in [5, 5.41) is 11.9. The number of carboxylic acid groups (broad SMARTS) is 1. The average Bonchev–Trinajstić information content (AvgIpc) is 2.39. The van der Waals surface area contributed by atoms with Gasteiger partial charge in [-0.1, -0.05) is 13.3 Å². The van der Waals surface area contributed by atoms with E-state index in [9.17, 15) is 14.7 Å². The van der Waals surface area contributed by atoms with Gasteiger partial charge in [0.15, 0.2) is 0 Å². The third-order valence-corrected chi connectivity index (χ3v) is 3.72. The van der Waals surface area contributed by atoms with E-state index in [4.69, 9.17) is 4.74 Å². The summed E-state index contributed by atoms with van der Waals surface area (Å²) in [6.07, 6.45) is 1.01. The molecule has 0 saturated heterocycles. The number of methoxy groups -OCH3 is 1. The van der Waals surface area contributed by atoms with Crippen LogP contribution in [0.25, 0.3) is 0 Å². The number of halogens is 1. The van der Waals surface area contributed by atoms with Crippen molar-refractivity contribution in [2.75, 3.05) is 7.11 Å². The smallest absolute Gasteiger partial charge is 0.329 e. The Morgan fingerprint density at radius 3 is 2.60 bits per heavy atom. The minimum absolute atomic E-state index is 0.341. The molecular formula is C14H18BrNO4. The number of carboxylic acids is 1. The highest BCUT2D eigenvalue weighted by molar-refractivity contribution is 9.10. The van der Waals surface area contributed by atoms with E-state index in [0.717, 1.165) is 0 Å². The van der Waals surface area contributed by atoms with Gasteiger partial charge in [0.1, 0.15) is 11.3 Å². The van der Waals surface area contributed by atoms with E-state index < -0.39 is 17.4 Å². The molecule has 1 aromatic carbocycles. The molecule has 6 heteroatoms. The molecule has 0 spiro atoms. The molecule has 20 heavy (non-hydrogen) atoms. The van der Waals surface area contributed by atoms with Gasteiger partial charge in [-0.05, 0) is 47.5 Å². The van der Waals surface area contributed by atoms with Crippen LogP contribution < -0.4 is 10.1 Å². The summed E-state index contributed by atoms with van der Waals surface area (Å²) < 4.78 is 5.65. The van der Waals surface area contributed by atoms with Crippen molar-refractivity contribution in [1.82, 2.24) is 5.32 Å². The maximum Gasteiger partial charge on any atom is 0.329 e. The van der Waals surface area contributed by atoms with E-state index in [2.05, 4.69) is 21.2 Å². The topological polar surface area (TPSA) is 75.6 Å². The van der Waals surface area contributed by atoms with Gasteiger partial charge >= 0.3 is 5.97 Å². The quantitative estimate of drug-likeness (QED) is 0.832. The maximum absolute atomic E-state index is 12.3. The van der Waals surface area contributed by atoms with Gasteiger partial charge in [-0.3, -0.25) is 4.79 Å². The number of carbonyl (C=O) groups excluding carboxylic acids is 1. The molecule has 0 fully saturated rings. The summed E-state index contributed by atoms with van der Waals surface area (Å²) in [5.74, 6) is -0.966. The first-order valence-corrected chi connectivity index (χ1v) is 7.02. The number of carbonyl (C=O) groups is 2. The van der Waals surface area contributed by atoms with E-state index in [1.165, 1.54) is 14.0 Å². The first kappa shape index (κ1) is 16.5. The summed E-state index contributed by atoms with van der Waals surface area (Å²) in [4.78, 5) is 23.6. The van der Waals surface area contributed by atoms with Crippen LogP contribution in [0.1, 0.15) is 37.0 Å². The highest BCUT2D eigenvalue weighted by atomic mass is 79.9. The number of benzene rings is 1. The second kappa shape index (κ2) is 6.74. The van der Waals surface area contributed by atoms with Crippen molar-refractivity contribution in [3.05, 3.63) is 28.2 Å². The van der Waals surface area contributed by atoms with Crippen LogP contribution in [-0.4, -0.2) is 29.6 Å². The number of nitrogens with one attached hydrogen (secondary N) is 1. The van der Waals surface area contributed by atoms with Crippen LogP contribution in [0.3, 0.4) is 0 Å². The molecule has 2 N–H and O–H groups in total. The van der Waals surface area contributed by atoms with E-state index >= 15 is 0 Å². The summed E-state index contributed by atoms with van der Waals surface area (Å²) in [6, 6.07) is 4.96. The third-order valence-electron chi connectivity index (χ3n) is 3.03. The zero-order valence-corrected chi connectivity index (χ0v) is 13.3. The van der Waals surface area contributed by atoms with Crippen molar-refractivity contribution in [2.24, 2.45) is 0 Å². The average molecular weight is 344 g/mol. The molecule has 110 valence electrons. The van der Waals surface area contributed by atoms with Crippen molar-refractivity contribution < 1.29 is 19.4 Å². The van der Waals surface area contributed by atoms with Crippen LogP contribution in [0, 0.1) is 0 Å². The highest BCUT2D eigenvalue weighted by Crippen LogP contribution is 2.23. The molecule has 0 bridgehead atoms. The molecule has 1 aromatic rings. The van der Waals surface area contributed by atoms with Gasteiger partial charge in [-0.2, -0.15) is 0 Å². The Kier molecular flexibility index (Phi) is 5.56. The molecule has 0 aliphatic carbocycles. The summed E-state index contributed by atoms with van der Waals surface area (Å²) in [5.41, 5.74) is -0.943. The van der Waals surface area contributed by atoms with Gasteiger partial charge in [0.25, 0.3) is 5.91 Å². The van der Waals surface area contributed by atoms with Crippen LogP contribution in [0.4, 0.5) is 0 Å². The van der Waals surface area contributed by atoms with Gasteiger partial charge < -0.3 is 15.2 Å². The predicted octanol–water partition coefficient (Wildman–Crippen LogP) is 2.83. The van der Waals surface area contributed by atoms with Crippen LogP contribution >= 0.6 is 15.9 Å². The van der Waals surface area contributed by atoms with Crippen LogP contribution in [0.5, 0.6) is 5.75 Å². The Hall–Kier alpha value is -1.56. The molecule has 0 heterocycles. The third kappa shape index (κ3) is 3.72. The number of ether oxygens (including phenoxy) is 1. The van der Waals surface area contributed by atoms with Crippen LogP contribution in [-0.2, 0) is 4.79 Å². The molecule has 1 amide bonds. The summed E-state index contributed by atoms with van der Waals surface area (Å²) >= 11 is 3.28. The molecular weight excluding hydrogens is 326 g/mol. The zero-order valence-electron chi connectivity index (χ0n) is 11.7. The highest BCUT2D eigenvalue weighted by Gasteiger charge is 2.34. The SMILES string of the molecule is CCCC(C)(NC(=O)c1cc(OC)ccc1Br)C(=O)O. The van der Waals surface area contributed by atoms with Crippen molar-refractivity contribution in [3.63, 3.8) is 0 Å². The van der Waals surface area contributed by atoms with E-state index in [1.54, 1.807) is 18.2 Å². The van der Waals surface area contributed by atoms with Crippen molar-refractivity contribution >= 4 is 27.8 Å². The maximum atomic E-state index is 12.3. The molecule has 0 radical (unpaired) electrons. The lowest BCUT2D eigenvalue weighted by Crippen LogP contribution is -2.52. The Balaban J connectivity index is 3.03. The number of amides is 1. The lowest BCUT2D eigenvalue weighted by atomic mass is 9.95. The Morgan fingerprint density at radius 2 is 2.10 bits per heavy atom. The minimum atomic E-state index is -1.28. The molecule has 1 unspecified atom stereocenters. The Morgan fingerprint density at radius 1 is 1.45 bits per heavy atom. The van der Waals surface area contributed by atoms with Gasteiger partial charge in [-0.15, -0.1) is 0 Å². The Bertz CT molecular complexity index is 518. The summed E-state index contributed by atoms with van der Waals surface area (Å²) in [6.45, 7) is 3.37. The second-order valence-electron chi connectivity index (χ2n) is 4.69. The Labute approximate surface area is 126 Å². The largest absolute Gasteiger partial charge is 0.497 e. The normalized spacial score (nSPS) is 13.4. The first-order chi connectivity index (χ1) is 9.34. The van der Waals surface area contributed by atoms with Crippen LogP contribution in [0.15, 0.2) is 22.7 Å². The molecule has 1 atom stereocenters. The monoisotopic (exact) mass is 343 g/mol. The number of aliphatic carboxylic acids is 1. The molecule has 5 nitrogen and oxygen atoms in total. The predicted molar refractivity (Wildman–Crippen MR) is 79.1 cm³/mol. The molecule has 1 rings (SSSR count). The van der Waals surface area contributed by atoms with Crippen molar-refractivity contribution in [3.8, 4) is 5.75 Å². The van der Waals surface area contributed by atoms with E-state index in [-0.39, 0.29) is 0 Å². The first-order valence-electron chi connectivity index (χ1n) is 6.23. The van der Waals surface area contributed by atoms with Crippen molar-refractivity contribution in [2.45, 2.75) is 32.2 Å². The van der Waals surface area contributed by atoms with Gasteiger partial charge in [0.2, 0.25) is 0 Å². The number of hydrogen-bond donors (Lipinski definition) is 2. The molecule has 0 aliphatic rings. The fourth-order valence-electron chi connectivity index (χ4n) is 1.85. The van der Waals surface area contributed by atoms with Gasteiger partial charge in [0, 0.05) is 4.47 Å². The number of hydrogen-bond acceptors (Lipinski definition) is 3. The molecule has 0 aromatic heterocycles. The summed E-state index contributed by atoms with van der Waals surface area (Å²) in [7, 11) is 1.50. The number of rotatable bonds is 6. The van der Waals surface area contributed by atoms with E-state index in [1.807, 2.05) is 6.92 Å². The van der Waals surface area contributed by atoms with Crippen molar-refractivity contribution in [1.29, 1.82) is 0 Å². The lowest BCUT2D eigenvalue weighted by Gasteiger charge is -2.26. The van der Waals surface area contributed by atoms with Gasteiger partial charge in [0.05, 0.1) is 12.7 Å². The fourth-order valence-corrected chi connectivity index (χ4v) is 2.27. The van der Waals surface area contributed by atoms with E-state index in [0.29, 0.717) is 28.6 Å².